The van der Waals surface area contributed by atoms with Crippen molar-refractivity contribution in [2.45, 2.75) is 24.8 Å². The van der Waals surface area contributed by atoms with Gasteiger partial charge in [-0.15, -0.1) is 0 Å². The van der Waals surface area contributed by atoms with Gasteiger partial charge in [-0.2, -0.15) is 5.10 Å². The monoisotopic (exact) mass is 405 g/mol. The molecule has 3 aromatic heterocycles. The molecule has 1 aliphatic rings. The van der Waals surface area contributed by atoms with Gasteiger partial charge in [0.2, 0.25) is 0 Å². The Morgan fingerprint density at radius 2 is 1.68 bits per heavy atom. The number of hydrogen-bond donors (Lipinski definition) is 2. The number of imidazole rings is 1. The lowest BCUT2D eigenvalue weighted by atomic mass is 9.72. The molecule has 152 valence electrons. The van der Waals surface area contributed by atoms with E-state index in [2.05, 4.69) is 81.5 Å². The molecule has 1 saturated carbocycles. The van der Waals surface area contributed by atoms with Gasteiger partial charge in [-0.25, -0.2) is 4.98 Å². The molecule has 0 unspecified atom stereocenters. The van der Waals surface area contributed by atoms with Crippen LogP contribution in [-0.2, 0) is 5.54 Å². The van der Waals surface area contributed by atoms with Crippen molar-refractivity contribution in [1.29, 1.82) is 0 Å². The molecule has 0 atom stereocenters. The maximum absolute atomic E-state index is 6.53. The molecule has 0 aliphatic heterocycles. The number of rotatable bonds is 4. The molecule has 0 amide bonds. The van der Waals surface area contributed by atoms with Crippen LogP contribution in [0, 0.1) is 0 Å². The van der Waals surface area contributed by atoms with Gasteiger partial charge in [0.25, 0.3) is 0 Å². The summed E-state index contributed by atoms with van der Waals surface area (Å²) in [5.74, 6) is 0. The van der Waals surface area contributed by atoms with Crippen molar-refractivity contribution in [2.75, 3.05) is 0 Å². The molecule has 0 spiro atoms. The standard InChI is InChI=1S/C26H23N5/c27-26(12-4-13-26)22-9-7-18(8-10-22)24-25(19-5-2-1-3-6-19)31-14-11-20(15-23(31)30-24)21-16-28-29-17-21/h1-3,5-11,14-17H,4,12-13,27H2,(H,28,29). The zero-order valence-corrected chi connectivity index (χ0v) is 17.1. The summed E-state index contributed by atoms with van der Waals surface area (Å²) in [5, 5.41) is 6.96. The van der Waals surface area contributed by atoms with E-state index in [1.807, 2.05) is 18.5 Å². The predicted octanol–water partition coefficient (Wildman–Crippen LogP) is 5.40. The van der Waals surface area contributed by atoms with Gasteiger partial charge < -0.3 is 5.73 Å². The Morgan fingerprint density at radius 3 is 2.35 bits per heavy atom. The number of pyridine rings is 1. The Labute approximate surface area is 180 Å². The SMILES string of the molecule is NC1(c2ccc(-c3nc4cc(-c5cn[nH]c5)ccn4c3-c3ccccc3)cc2)CCC1. The lowest BCUT2D eigenvalue weighted by Gasteiger charge is -2.38. The molecule has 0 saturated heterocycles. The minimum absolute atomic E-state index is 0.154. The maximum Gasteiger partial charge on any atom is 0.138 e. The number of H-pyrrole nitrogens is 1. The van der Waals surface area contributed by atoms with E-state index in [4.69, 9.17) is 10.7 Å². The van der Waals surface area contributed by atoms with Gasteiger partial charge in [-0.05, 0) is 42.5 Å². The second-order valence-corrected chi connectivity index (χ2v) is 8.39. The molecule has 5 heteroatoms. The van der Waals surface area contributed by atoms with Crippen LogP contribution in [0.2, 0.25) is 0 Å². The van der Waals surface area contributed by atoms with Gasteiger partial charge in [0.1, 0.15) is 5.65 Å². The first-order valence-electron chi connectivity index (χ1n) is 10.7. The van der Waals surface area contributed by atoms with E-state index < -0.39 is 0 Å². The number of hydrogen-bond acceptors (Lipinski definition) is 3. The summed E-state index contributed by atoms with van der Waals surface area (Å²) >= 11 is 0. The van der Waals surface area contributed by atoms with E-state index in [0.29, 0.717) is 0 Å². The van der Waals surface area contributed by atoms with Crippen LogP contribution in [0.15, 0.2) is 85.3 Å². The van der Waals surface area contributed by atoms with E-state index in [0.717, 1.165) is 52.1 Å². The summed E-state index contributed by atoms with van der Waals surface area (Å²) in [6.45, 7) is 0. The van der Waals surface area contributed by atoms with Crippen molar-refractivity contribution >= 4 is 5.65 Å². The van der Waals surface area contributed by atoms with Crippen molar-refractivity contribution in [1.82, 2.24) is 19.6 Å². The highest BCUT2D eigenvalue weighted by Crippen LogP contribution is 2.40. The molecule has 1 fully saturated rings. The van der Waals surface area contributed by atoms with Crippen molar-refractivity contribution in [3.63, 3.8) is 0 Å². The van der Waals surface area contributed by atoms with Crippen LogP contribution in [0.5, 0.6) is 0 Å². The quantitative estimate of drug-likeness (QED) is 0.421. The number of nitrogens with two attached hydrogens (primary N) is 1. The van der Waals surface area contributed by atoms with E-state index >= 15 is 0 Å². The topological polar surface area (TPSA) is 72.0 Å². The molecule has 3 N–H and O–H groups in total. The third-order valence-electron chi connectivity index (χ3n) is 6.48. The molecule has 31 heavy (non-hydrogen) atoms. The Balaban J connectivity index is 1.52. The first-order valence-corrected chi connectivity index (χ1v) is 10.7. The largest absolute Gasteiger partial charge is 0.321 e. The van der Waals surface area contributed by atoms with Crippen LogP contribution < -0.4 is 5.73 Å². The van der Waals surface area contributed by atoms with Gasteiger partial charge in [-0.1, -0.05) is 54.6 Å². The lowest BCUT2D eigenvalue weighted by Crippen LogP contribution is -2.43. The van der Waals surface area contributed by atoms with Crippen molar-refractivity contribution in [3.05, 3.63) is 90.9 Å². The zero-order chi connectivity index (χ0) is 20.8. The Kier molecular flexibility index (Phi) is 4.04. The third-order valence-corrected chi connectivity index (χ3v) is 6.48. The summed E-state index contributed by atoms with van der Waals surface area (Å²) < 4.78 is 2.17. The van der Waals surface area contributed by atoms with Gasteiger partial charge in [-0.3, -0.25) is 9.50 Å². The number of nitrogens with one attached hydrogen (secondary N) is 1. The Morgan fingerprint density at radius 1 is 0.871 bits per heavy atom. The number of aromatic nitrogens is 4. The van der Waals surface area contributed by atoms with E-state index in [1.54, 1.807) is 0 Å². The van der Waals surface area contributed by atoms with Gasteiger partial charge in [0.15, 0.2) is 0 Å². The first kappa shape index (κ1) is 18.1. The number of benzene rings is 2. The van der Waals surface area contributed by atoms with Crippen molar-refractivity contribution in [3.8, 4) is 33.6 Å². The van der Waals surface area contributed by atoms with Crippen LogP contribution in [0.4, 0.5) is 0 Å². The molecular formula is C26H23N5. The maximum atomic E-state index is 6.53. The van der Waals surface area contributed by atoms with Crippen LogP contribution >= 0.6 is 0 Å². The fraction of sp³-hybridized carbons (Fsp3) is 0.154. The molecule has 1 aliphatic carbocycles. The number of aromatic amines is 1. The Bertz CT molecular complexity index is 1340. The first-order chi connectivity index (χ1) is 15.2. The minimum Gasteiger partial charge on any atom is -0.321 e. The van der Waals surface area contributed by atoms with E-state index in [1.165, 1.54) is 12.0 Å². The summed E-state index contributed by atoms with van der Waals surface area (Å²) in [5.41, 5.74) is 14.9. The van der Waals surface area contributed by atoms with E-state index in [-0.39, 0.29) is 5.54 Å². The molecule has 5 nitrogen and oxygen atoms in total. The molecule has 0 bridgehead atoms. The van der Waals surface area contributed by atoms with E-state index in [9.17, 15) is 0 Å². The summed E-state index contributed by atoms with van der Waals surface area (Å²) in [7, 11) is 0. The molecular weight excluding hydrogens is 382 g/mol. The number of fused-ring (bicyclic) bond motifs is 1. The average molecular weight is 406 g/mol. The zero-order valence-electron chi connectivity index (χ0n) is 17.1. The van der Waals surface area contributed by atoms with Crippen LogP contribution in [0.1, 0.15) is 24.8 Å². The van der Waals surface area contributed by atoms with Crippen molar-refractivity contribution in [2.24, 2.45) is 5.73 Å². The fourth-order valence-corrected chi connectivity index (χ4v) is 4.51. The molecule has 0 radical (unpaired) electrons. The highest BCUT2D eigenvalue weighted by molar-refractivity contribution is 5.83. The smallest absolute Gasteiger partial charge is 0.138 e. The highest BCUT2D eigenvalue weighted by Gasteiger charge is 2.34. The second kappa shape index (κ2) is 6.93. The van der Waals surface area contributed by atoms with Crippen LogP contribution in [0.3, 0.4) is 0 Å². The van der Waals surface area contributed by atoms with Gasteiger partial charge in [0.05, 0.1) is 17.6 Å². The van der Waals surface area contributed by atoms with Gasteiger partial charge >= 0.3 is 0 Å². The van der Waals surface area contributed by atoms with Crippen LogP contribution in [0.25, 0.3) is 39.3 Å². The molecule has 6 rings (SSSR count). The lowest BCUT2D eigenvalue weighted by molar-refractivity contribution is 0.253. The third kappa shape index (κ3) is 2.97. The molecule has 3 heterocycles. The molecule has 2 aromatic carbocycles. The summed E-state index contributed by atoms with van der Waals surface area (Å²) in [6, 6.07) is 23.3. The number of nitrogens with zero attached hydrogens (tertiary/aromatic N) is 3. The van der Waals surface area contributed by atoms with Crippen molar-refractivity contribution < 1.29 is 0 Å². The van der Waals surface area contributed by atoms with Crippen LogP contribution in [-0.4, -0.2) is 19.6 Å². The highest BCUT2D eigenvalue weighted by atomic mass is 15.1. The van der Waals surface area contributed by atoms with Gasteiger partial charge in [0, 0.05) is 34.6 Å². The Hall–Kier alpha value is -3.70. The average Bonchev–Trinajstić information content (AvgIpc) is 3.46. The molecule has 5 aromatic rings. The predicted molar refractivity (Wildman–Crippen MR) is 123 cm³/mol. The normalized spacial score (nSPS) is 15.1. The summed E-state index contributed by atoms with van der Waals surface area (Å²) in [4.78, 5) is 5.06. The minimum atomic E-state index is -0.154. The second-order valence-electron chi connectivity index (χ2n) is 8.39. The summed E-state index contributed by atoms with van der Waals surface area (Å²) in [6.07, 6.45) is 9.15. The fourth-order valence-electron chi connectivity index (χ4n) is 4.51.